The normalized spacial score (nSPS) is 10.7. The van der Waals surface area contributed by atoms with Gasteiger partial charge in [0.15, 0.2) is 11.5 Å². The van der Waals surface area contributed by atoms with Gasteiger partial charge in [-0.05, 0) is 64.2 Å². The molecule has 1 amide bonds. The van der Waals surface area contributed by atoms with E-state index in [9.17, 15) is 4.79 Å². The molecule has 0 aliphatic carbocycles. The molecule has 0 N–H and O–H groups in total. The molecule has 8 nitrogen and oxygen atoms in total. The van der Waals surface area contributed by atoms with E-state index in [0.717, 1.165) is 21.7 Å². The molecule has 0 bridgehead atoms. The average Bonchev–Trinajstić information content (AvgIpc) is 3.56. The van der Waals surface area contributed by atoms with Gasteiger partial charge in [-0.3, -0.25) is 4.79 Å². The maximum absolute atomic E-state index is 13.0. The highest BCUT2D eigenvalue weighted by Crippen LogP contribution is 2.30. The molecule has 9 heteroatoms. The maximum Gasteiger partial charge on any atom is 0.227 e. The van der Waals surface area contributed by atoms with E-state index in [2.05, 4.69) is 15.5 Å². The number of ether oxygens (including phenoxy) is 2. The van der Waals surface area contributed by atoms with E-state index < -0.39 is 0 Å². The van der Waals surface area contributed by atoms with Crippen molar-refractivity contribution < 1.29 is 14.3 Å². The second-order valence-electron chi connectivity index (χ2n) is 7.36. The number of benzene rings is 2. The molecule has 0 aliphatic rings. The average molecular weight is 464 g/mol. The fourth-order valence-corrected chi connectivity index (χ4v) is 4.02. The van der Waals surface area contributed by atoms with Gasteiger partial charge < -0.3 is 14.4 Å². The highest BCUT2D eigenvalue weighted by molar-refractivity contribution is 7.09. The third-order valence-corrected chi connectivity index (χ3v) is 6.04. The van der Waals surface area contributed by atoms with Gasteiger partial charge in [0.05, 0.1) is 19.2 Å². The maximum atomic E-state index is 13.0. The number of amides is 1. The van der Waals surface area contributed by atoms with Gasteiger partial charge in [-0.2, -0.15) is 0 Å². The van der Waals surface area contributed by atoms with E-state index in [-0.39, 0.29) is 5.91 Å². The Kier molecular flexibility index (Phi) is 7.31. The van der Waals surface area contributed by atoms with E-state index in [1.165, 1.54) is 6.33 Å². The highest BCUT2D eigenvalue weighted by Gasteiger charge is 2.15. The SMILES string of the molecule is CCN(Cc1ccc(OCc2cccs2)c(OC)c1)C(=O)Cc1ccc(-n2cnnn2)cc1. The summed E-state index contributed by atoms with van der Waals surface area (Å²) in [6, 6.07) is 17.5. The van der Waals surface area contributed by atoms with Crippen LogP contribution in [0.3, 0.4) is 0 Å². The Balaban J connectivity index is 1.38. The fraction of sp³-hybridized carbons (Fsp3) is 0.250. The molecule has 2 aromatic carbocycles. The Morgan fingerprint density at radius 3 is 2.58 bits per heavy atom. The molecule has 0 saturated heterocycles. The van der Waals surface area contributed by atoms with Crippen molar-refractivity contribution in [3.05, 3.63) is 82.3 Å². The third kappa shape index (κ3) is 5.75. The van der Waals surface area contributed by atoms with Crippen molar-refractivity contribution in [1.29, 1.82) is 0 Å². The third-order valence-electron chi connectivity index (χ3n) is 5.19. The van der Waals surface area contributed by atoms with Crippen LogP contribution in [0.25, 0.3) is 5.69 Å². The lowest BCUT2D eigenvalue weighted by Crippen LogP contribution is -2.31. The van der Waals surface area contributed by atoms with Crippen LogP contribution in [0.5, 0.6) is 11.5 Å². The minimum atomic E-state index is 0.0599. The van der Waals surface area contributed by atoms with Gasteiger partial charge in [0.2, 0.25) is 5.91 Å². The molecule has 0 fully saturated rings. The number of likely N-dealkylation sites (N-methyl/N-ethyl adjacent to an activating group) is 1. The quantitative estimate of drug-likeness (QED) is 0.355. The van der Waals surface area contributed by atoms with Gasteiger partial charge in [-0.15, -0.1) is 16.4 Å². The lowest BCUT2D eigenvalue weighted by molar-refractivity contribution is -0.130. The van der Waals surface area contributed by atoms with Crippen molar-refractivity contribution >= 4 is 17.2 Å². The number of nitrogens with zero attached hydrogens (tertiary/aromatic N) is 5. The van der Waals surface area contributed by atoms with Gasteiger partial charge in [0.25, 0.3) is 0 Å². The molecule has 0 saturated carbocycles. The van der Waals surface area contributed by atoms with Crippen molar-refractivity contribution in [3.8, 4) is 17.2 Å². The Labute approximate surface area is 196 Å². The number of hydrogen-bond donors (Lipinski definition) is 0. The zero-order chi connectivity index (χ0) is 23.0. The largest absolute Gasteiger partial charge is 0.493 e. The van der Waals surface area contributed by atoms with Crippen LogP contribution in [0.1, 0.15) is 22.9 Å². The first-order valence-electron chi connectivity index (χ1n) is 10.6. The smallest absolute Gasteiger partial charge is 0.227 e. The number of rotatable bonds is 10. The van der Waals surface area contributed by atoms with Crippen LogP contribution < -0.4 is 9.47 Å². The second kappa shape index (κ2) is 10.7. The van der Waals surface area contributed by atoms with Crippen molar-refractivity contribution in [2.45, 2.75) is 26.5 Å². The molecule has 0 unspecified atom stereocenters. The molecule has 2 aromatic heterocycles. The Hall–Kier alpha value is -3.72. The first kappa shape index (κ1) is 22.5. The van der Waals surface area contributed by atoms with Crippen molar-refractivity contribution in [2.75, 3.05) is 13.7 Å². The van der Waals surface area contributed by atoms with E-state index in [1.54, 1.807) is 23.1 Å². The number of carbonyl (C=O) groups is 1. The molecule has 33 heavy (non-hydrogen) atoms. The van der Waals surface area contributed by atoms with Crippen molar-refractivity contribution in [3.63, 3.8) is 0 Å². The Morgan fingerprint density at radius 1 is 1.09 bits per heavy atom. The van der Waals surface area contributed by atoms with Gasteiger partial charge in [0.1, 0.15) is 12.9 Å². The lowest BCUT2D eigenvalue weighted by Gasteiger charge is -2.22. The van der Waals surface area contributed by atoms with Crippen molar-refractivity contribution in [1.82, 2.24) is 25.1 Å². The van der Waals surface area contributed by atoms with Crippen LogP contribution in [0.4, 0.5) is 0 Å². The van der Waals surface area contributed by atoms with E-state index in [4.69, 9.17) is 9.47 Å². The summed E-state index contributed by atoms with van der Waals surface area (Å²) in [4.78, 5) is 15.9. The molecule has 4 aromatic rings. The molecule has 0 aliphatic heterocycles. The molecule has 0 spiro atoms. The molecule has 0 radical (unpaired) electrons. The van der Waals surface area contributed by atoms with Crippen LogP contribution in [0, 0.1) is 0 Å². The highest BCUT2D eigenvalue weighted by atomic mass is 32.1. The topological polar surface area (TPSA) is 82.4 Å². The summed E-state index contributed by atoms with van der Waals surface area (Å²) < 4.78 is 13.0. The summed E-state index contributed by atoms with van der Waals surface area (Å²) in [6.07, 6.45) is 1.86. The summed E-state index contributed by atoms with van der Waals surface area (Å²) >= 11 is 1.65. The van der Waals surface area contributed by atoms with Crippen molar-refractivity contribution in [2.24, 2.45) is 0 Å². The zero-order valence-electron chi connectivity index (χ0n) is 18.5. The van der Waals surface area contributed by atoms with Crippen LogP contribution in [-0.4, -0.2) is 44.7 Å². The van der Waals surface area contributed by atoms with Crippen LogP contribution in [-0.2, 0) is 24.4 Å². The van der Waals surface area contributed by atoms with Crippen LogP contribution >= 0.6 is 11.3 Å². The number of aromatic nitrogens is 4. The minimum Gasteiger partial charge on any atom is -0.493 e. The number of tetrazole rings is 1. The minimum absolute atomic E-state index is 0.0599. The predicted molar refractivity (Wildman–Crippen MR) is 126 cm³/mol. The molecular weight excluding hydrogens is 438 g/mol. The van der Waals surface area contributed by atoms with E-state index in [0.29, 0.717) is 37.6 Å². The summed E-state index contributed by atoms with van der Waals surface area (Å²) in [5.74, 6) is 1.40. The molecular formula is C24H25N5O3S. The van der Waals surface area contributed by atoms with Gasteiger partial charge in [-0.1, -0.05) is 24.3 Å². The lowest BCUT2D eigenvalue weighted by atomic mass is 10.1. The number of methoxy groups -OCH3 is 1. The van der Waals surface area contributed by atoms with Gasteiger partial charge in [-0.25, -0.2) is 4.68 Å². The Morgan fingerprint density at radius 2 is 1.91 bits per heavy atom. The van der Waals surface area contributed by atoms with E-state index in [1.807, 2.05) is 71.8 Å². The van der Waals surface area contributed by atoms with Crippen LogP contribution in [0.2, 0.25) is 0 Å². The molecule has 170 valence electrons. The second-order valence-corrected chi connectivity index (χ2v) is 8.39. The summed E-state index contributed by atoms with van der Waals surface area (Å²) in [5.41, 5.74) is 2.77. The van der Waals surface area contributed by atoms with Crippen LogP contribution in [0.15, 0.2) is 66.3 Å². The van der Waals surface area contributed by atoms with Gasteiger partial charge in [0, 0.05) is 18.0 Å². The predicted octanol–water partition coefficient (Wildman–Crippen LogP) is 3.90. The fourth-order valence-electron chi connectivity index (χ4n) is 3.40. The standard InChI is InChI=1S/C24H25N5O3S/c1-3-28(24(30)14-18-6-9-20(10-7-18)29-17-25-26-27-29)15-19-8-11-22(23(13-19)31-2)32-16-21-5-4-12-33-21/h4-13,17H,3,14-16H2,1-2H3. The summed E-state index contributed by atoms with van der Waals surface area (Å²) in [5, 5.41) is 13.2. The Bertz CT molecular complexity index is 1160. The number of thiophene rings is 1. The van der Waals surface area contributed by atoms with Gasteiger partial charge >= 0.3 is 0 Å². The number of carbonyl (C=O) groups excluding carboxylic acids is 1. The summed E-state index contributed by atoms with van der Waals surface area (Å²) in [7, 11) is 1.62. The number of hydrogen-bond acceptors (Lipinski definition) is 7. The summed E-state index contributed by atoms with van der Waals surface area (Å²) in [6.45, 7) is 3.59. The monoisotopic (exact) mass is 463 g/mol. The first-order valence-corrected chi connectivity index (χ1v) is 11.5. The molecule has 2 heterocycles. The zero-order valence-corrected chi connectivity index (χ0v) is 19.4. The first-order chi connectivity index (χ1) is 16.2. The van der Waals surface area contributed by atoms with E-state index >= 15 is 0 Å². The molecule has 0 atom stereocenters. The molecule has 4 rings (SSSR count).